The number of hydrogen-bond donors (Lipinski definition) is 2. The number of fused-ring (bicyclic) bond motifs is 1. The van der Waals surface area contributed by atoms with Gasteiger partial charge in [0.2, 0.25) is 0 Å². The van der Waals surface area contributed by atoms with E-state index in [0.717, 1.165) is 18.8 Å². The van der Waals surface area contributed by atoms with Crippen LogP contribution in [-0.4, -0.2) is 16.7 Å². The van der Waals surface area contributed by atoms with Gasteiger partial charge in [-0.1, -0.05) is 56.3 Å². The number of nitrogens with one attached hydrogen (secondary N) is 2. The fourth-order valence-electron chi connectivity index (χ4n) is 2.62. The van der Waals surface area contributed by atoms with Gasteiger partial charge in [-0.25, -0.2) is 0 Å². The van der Waals surface area contributed by atoms with Crippen LogP contribution in [0.25, 0.3) is 22.0 Å². The highest BCUT2D eigenvalue weighted by atomic mass is 15.1. The summed E-state index contributed by atoms with van der Waals surface area (Å²) in [5.41, 5.74) is 3.54. The number of benzene rings is 2. The lowest BCUT2D eigenvalue weighted by atomic mass is 10.00. The minimum Gasteiger partial charge on any atom is -0.312 e. The van der Waals surface area contributed by atoms with Crippen LogP contribution < -0.4 is 5.32 Å². The Kier molecular flexibility index (Phi) is 4.02. The van der Waals surface area contributed by atoms with Gasteiger partial charge < -0.3 is 5.32 Å². The molecule has 1 heterocycles. The lowest BCUT2D eigenvalue weighted by Gasteiger charge is -2.09. The molecule has 1 aromatic heterocycles. The zero-order valence-electron chi connectivity index (χ0n) is 12.6. The van der Waals surface area contributed by atoms with E-state index in [1.165, 1.54) is 21.9 Å². The molecule has 21 heavy (non-hydrogen) atoms. The summed E-state index contributed by atoms with van der Waals surface area (Å²) >= 11 is 0. The third-order valence-corrected chi connectivity index (χ3v) is 3.64. The van der Waals surface area contributed by atoms with Gasteiger partial charge in [0, 0.05) is 17.7 Å². The molecule has 0 atom stereocenters. The quantitative estimate of drug-likeness (QED) is 0.741. The minimum atomic E-state index is 0.651. The van der Waals surface area contributed by atoms with Crippen molar-refractivity contribution in [1.82, 2.24) is 15.5 Å². The van der Waals surface area contributed by atoms with Crippen LogP contribution >= 0.6 is 0 Å². The summed E-state index contributed by atoms with van der Waals surface area (Å²) in [6.45, 7) is 6.29. The third-order valence-electron chi connectivity index (χ3n) is 3.64. The summed E-state index contributed by atoms with van der Waals surface area (Å²) in [7, 11) is 0. The highest BCUT2D eigenvalue weighted by Gasteiger charge is 2.10. The van der Waals surface area contributed by atoms with Crippen molar-refractivity contribution in [3.05, 3.63) is 54.2 Å². The van der Waals surface area contributed by atoms with E-state index in [1.807, 2.05) is 6.20 Å². The summed E-state index contributed by atoms with van der Waals surface area (Å²) in [5.74, 6) is 0.651. The molecule has 3 nitrogen and oxygen atoms in total. The molecule has 0 unspecified atom stereocenters. The molecule has 3 heteroatoms. The van der Waals surface area contributed by atoms with Gasteiger partial charge in [0.15, 0.2) is 0 Å². The fourth-order valence-corrected chi connectivity index (χ4v) is 2.62. The molecule has 0 radical (unpaired) electrons. The van der Waals surface area contributed by atoms with E-state index < -0.39 is 0 Å². The molecule has 3 aromatic rings. The van der Waals surface area contributed by atoms with E-state index in [4.69, 9.17) is 0 Å². The second-order valence-electron chi connectivity index (χ2n) is 5.82. The number of aromatic nitrogens is 2. The van der Waals surface area contributed by atoms with Crippen LogP contribution in [0.15, 0.2) is 48.7 Å². The first-order valence-electron chi connectivity index (χ1n) is 7.47. The molecule has 0 saturated carbocycles. The summed E-state index contributed by atoms with van der Waals surface area (Å²) in [5, 5.41) is 13.4. The second-order valence-corrected chi connectivity index (χ2v) is 5.82. The first-order valence-corrected chi connectivity index (χ1v) is 7.47. The maximum Gasteiger partial charge on any atom is 0.0701 e. The van der Waals surface area contributed by atoms with Crippen LogP contribution in [0.2, 0.25) is 0 Å². The maximum atomic E-state index is 4.24. The standard InChI is InChI=1S/C18H21N3/c1-13(2)10-19-11-15-12-20-21-18(15)17-9-5-7-14-6-3-4-8-16(14)17/h3-9,12-13,19H,10-11H2,1-2H3,(H,20,21). The second kappa shape index (κ2) is 6.10. The minimum absolute atomic E-state index is 0.651. The Morgan fingerprint density at radius 3 is 2.76 bits per heavy atom. The molecule has 0 saturated heterocycles. The zero-order chi connectivity index (χ0) is 14.7. The number of nitrogens with zero attached hydrogens (tertiary/aromatic N) is 1. The molecule has 0 fully saturated rings. The average molecular weight is 279 g/mol. The van der Waals surface area contributed by atoms with Crippen LogP contribution in [0.4, 0.5) is 0 Å². The van der Waals surface area contributed by atoms with Gasteiger partial charge in [-0.05, 0) is 23.2 Å². The van der Waals surface area contributed by atoms with E-state index in [1.54, 1.807) is 0 Å². The summed E-state index contributed by atoms with van der Waals surface area (Å²) in [4.78, 5) is 0. The molecule has 0 aliphatic carbocycles. The van der Waals surface area contributed by atoms with Crippen molar-refractivity contribution in [3.8, 4) is 11.3 Å². The number of hydrogen-bond acceptors (Lipinski definition) is 2. The van der Waals surface area contributed by atoms with Gasteiger partial charge in [-0.2, -0.15) is 5.10 Å². The predicted molar refractivity (Wildman–Crippen MR) is 88.1 cm³/mol. The van der Waals surface area contributed by atoms with Crippen LogP contribution in [0.5, 0.6) is 0 Å². The molecular weight excluding hydrogens is 258 g/mol. The van der Waals surface area contributed by atoms with Crippen LogP contribution in [-0.2, 0) is 6.54 Å². The van der Waals surface area contributed by atoms with Gasteiger partial charge in [0.05, 0.1) is 11.9 Å². The van der Waals surface area contributed by atoms with E-state index >= 15 is 0 Å². The average Bonchev–Trinajstić information content (AvgIpc) is 2.94. The van der Waals surface area contributed by atoms with Gasteiger partial charge >= 0.3 is 0 Å². The van der Waals surface area contributed by atoms with Gasteiger partial charge in [0.25, 0.3) is 0 Å². The van der Waals surface area contributed by atoms with E-state index in [9.17, 15) is 0 Å². The summed E-state index contributed by atoms with van der Waals surface area (Å²) in [6.07, 6.45) is 1.92. The van der Waals surface area contributed by atoms with E-state index in [2.05, 4.69) is 71.8 Å². The van der Waals surface area contributed by atoms with E-state index in [0.29, 0.717) is 5.92 Å². The molecule has 0 bridgehead atoms. The molecule has 3 rings (SSSR count). The molecule has 108 valence electrons. The van der Waals surface area contributed by atoms with Crippen LogP contribution in [0.1, 0.15) is 19.4 Å². The van der Waals surface area contributed by atoms with Crippen molar-refractivity contribution in [2.24, 2.45) is 5.92 Å². The Hall–Kier alpha value is -2.13. The van der Waals surface area contributed by atoms with Crippen molar-refractivity contribution < 1.29 is 0 Å². The Morgan fingerprint density at radius 1 is 1.10 bits per heavy atom. The summed E-state index contributed by atoms with van der Waals surface area (Å²) in [6, 6.07) is 14.9. The molecule has 0 amide bonds. The third kappa shape index (κ3) is 2.98. The lowest BCUT2D eigenvalue weighted by Crippen LogP contribution is -2.19. The van der Waals surface area contributed by atoms with Gasteiger partial charge in [-0.15, -0.1) is 0 Å². The molecule has 2 aromatic carbocycles. The molecule has 0 spiro atoms. The highest BCUT2D eigenvalue weighted by Crippen LogP contribution is 2.29. The van der Waals surface area contributed by atoms with Gasteiger partial charge in [-0.3, -0.25) is 5.10 Å². The van der Waals surface area contributed by atoms with Crippen LogP contribution in [0.3, 0.4) is 0 Å². The molecular formula is C18H21N3. The van der Waals surface area contributed by atoms with Crippen LogP contribution in [0, 0.1) is 5.92 Å². The van der Waals surface area contributed by atoms with Crippen molar-refractivity contribution in [2.45, 2.75) is 20.4 Å². The topological polar surface area (TPSA) is 40.7 Å². The number of H-pyrrole nitrogens is 1. The Bertz CT molecular complexity index is 723. The number of aromatic amines is 1. The smallest absolute Gasteiger partial charge is 0.0701 e. The van der Waals surface area contributed by atoms with Crippen molar-refractivity contribution in [3.63, 3.8) is 0 Å². The Labute approximate surface area is 125 Å². The SMILES string of the molecule is CC(C)CNCc1cn[nH]c1-c1cccc2ccccc12. The first-order chi connectivity index (χ1) is 10.3. The molecule has 0 aliphatic rings. The Balaban J connectivity index is 1.94. The number of rotatable bonds is 5. The molecule has 0 aliphatic heterocycles. The van der Waals surface area contributed by atoms with Gasteiger partial charge in [0.1, 0.15) is 0 Å². The summed E-state index contributed by atoms with van der Waals surface area (Å²) < 4.78 is 0. The van der Waals surface area contributed by atoms with Crippen molar-refractivity contribution in [2.75, 3.05) is 6.54 Å². The van der Waals surface area contributed by atoms with Crippen molar-refractivity contribution >= 4 is 10.8 Å². The zero-order valence-corrected chi connectivity index (χ0v) is 12.6. The fraction of sp³-hybridized carbons (Fsp3) is 0.278. The van der Waals surface area contributed by atoms with E-state index in [-0.39, 0.29) is 0 Å². The molecule has 2 N–H and O–H groups in total. The predicted octanol–water partition coefficient (Wildman–Crippen LogP) is 3.98. The largest absolute Gasteiger partial charge is 0.312 e. The highest BCUT2D eigenvalue weighted by molar-refractivity contribution is 5.96. The first kappa shape index (κ1) is 13.8. The Morgan fingerprint density at radius 2 is 1.90 bits per heavy atom. The lowest BCUT2D eigenvalue weighted by molar-refractivity contribution is 0.553. The maximum absolute atomic E-state index is 4.24. The normalized spacial score (nSPS) is 11.4. The monoisotopic (exact) mass is 279 g/mol. The van der Waals surface area contributed by atoms with Crippen molar-refractivity contribution in [1.29, 1.82) is 0 Å².